The number of hydrogen-bond acceptors (Lipinski definition) is 6. The third-order valence-corrected chi connectivity index (χ3v) is 4.57. The van der Waals surface area contributed by atoms with E-state index >= 15 is 0 Å². The van der Waals surface area contributed by atoms with Crippen molar-refractivity contribution in [2.45, 2.75) is 45.2 Å². The molecule has 0 bridgehead atoms. The lowest BCUT2D eigenvalue weighted by atomic mass is 10.1. The number of aromatic nitrogens is 1. The molecule has 7 nitrogen and oxygen atoms in total. The molecule has 0 aromatic carbocycles. The molecule has 1 saturated heterocycles. The molecule has 1 aliphatic rings. The van der Waals surface area contributed by atoms with Gasteiger partial charge in [0.1, 0.15) is 0 Å². The minimum atomic E-state index is -0.915. The number of nitrogens with zero attached hydrogens (tertiary/aromatic N) is 1. The van der Waals surface area contributed by atoms with Gasteiger partial charge in [0.15, 0.2) is 5.13 Å². The van der Waals surface area contributed by atoms with Crippen LogP contribution in [0.5, 0.6) is 0 Å². The number of carbonyl (C=O) groups excluding carboxylic acids is 1. The average molecular weight is 326 g/mol. The third kappa shape index (κ3) is 5.04. The second-order valence-corrected chi connectivity index (χ2v) is 6.35. The van der Waals surface area contributed by atoms with E-state index in [0.29, 0.717) is 29.8 Å². The van der Waals surface area contributed by atoms with E-state index < -0.39 is 5.97 Å². The average Bonchev–Trinajstić information content (AvgIpc) is 2.86. The van der Waals surface area contributed by atoms with E-state index in [1.165, 1.54) is 11.3 Å². The highest BCUT2D eigenvalue weighted by molar-refractivity contribution is 7.15. The molecule has 1 aromatic heterocycles. The highest BCUT2D eigenvalue weighted by atomic mass is 32.1. The lowest BCUT2D eigenvalue weighted by Crippen LogP contribution is -2.39. The first-order chi connectivity index (χ1) is 10.6. The number of amides is 1. The number of piperidine rings is 1. The minimum absolute atomic E-state index is 0.117. The van der Waals surface area contributed by atoms with Crippen LogP contribution in [0.25, 0.3) is 0 Å². The Bertz CT molecular complexity index is 526. The van der Waals surface area contributed by atoms with Crippen molar-refractivity contribution >= 4 is 28.3 Å². The summed E-state index contributed by atoms with van der Waals surface area (Å²) < 4.78 is 0. The summed E-state index contributed by atoms with van der Waals surface area (Å²) in [7, 11) is 0. The van der Waals surface area contributed by atoms with E-state index in [0.717, 1.165) is 30.8 Å². The summed E-state index contributed by atoms with van der Waals surface area (Å²) in [6.45, 7) is 4.36. The van der Waals surface area contributed by atoms with Crippen LogP contribution in [0, 0.1) is 0 Å². The minimum Gasteiger partial charge on any atom is -0.481 e. The lowest BCUT2D eigenvalue weighted by Gasteiger charge is -2.23. The van der Waals surface area contributed by atoms with Crippen LogP contribution in [0.1, 0.15) is 36.8 Å². The Morgan fingerprint density at radius 1 is 1.41 bits per heavy atom. The zero-order valence-electron chi connectivity index (χ0n) is 12.6. The number of thiazole rings is 1. The van der Waals surface area contributed by atoms with E-state index in [1.807, 2.05) is 0 Å². The normalized spacial score (nSPS) is 15.7. The Morgan fingerprint density at radius 3 is 2.77 bits per heavy atom. The van der Waals surface area contributed by atoms with Crippen molar-refractivity contribution in [3.8, 4) is 0 Å². The Labute approximate surface area is 133 Å². The van der Waals surface area contributed by atoms with Gasteiger partial charge in [0, 0.05) is 23.9 Å². The predicted octanol–water partition coefficient (Wildman–Crippen LogP) is 0.960. The Balaban J connectivity index is 2.02. The van der Waals surface area contributed by atoms with Gasteiger partial charge in [-0.15, -0.1) is 11.3 Å². The fourth-order valence-electron chi connectivity index (χ4n) is 2.33. The van der Waals surface area contributed by atoms with Gasteiger partial charge in [-0.1, -0.05) is 6.92 Å². The van der Waals surface area contributed by atoms with Crippen LogP contribution in [-0.2, 0) is 22.6 Å². The number of nitrogens with one attached hydrogen (secondary N) is 3. The summed E-state index contributed by atoms with van der Waals surface area (Å²) in [5.74, 6) is -1.03. The zero-order valence-corrected chi connectivity index (χ0v) is 13.5. The summed E-state index contributed by atoms with van der Waals surface area (Å²) in [6, 6.07) is 0.440. The molecule has 0 aliphatic carbocycles. The highest BCUT2D eigenvalue weighted by Gasteiger charge is 2.17. The molecule has 22 heavy (non-hydrogen) atoms. The molecule has 0 atom stereocenters. The zero-order chi connectivity index (χ0) is 15.9. The van der Waals surface area contributed by atoms with E-state index in [1.54, 1.807) is 6.92 Å². The summed E-state index contributed by atoms with van der Waals surface area (Å²) in [5.41, 5.74) is 0.533. The molecule has 0 radical (unpaired) electrons. The molecule has 0 unspecified atom stereocenters. The van der Waals surface area contributed by atoms with Gasteiger partial charge >= 0.3 is 5.97 Å². The van der Waals surface area contributed by atoms with Crippen LogP contribution in [-0.4, -0.2) is 41.1 Å². The van der Waals surface area contributed by atoms with Gasteiger partial charge in [-0.2, -0.15) is 0 Å². The smallest absolute Gasteiger partial charge is 0.309 e. The lowest BCUT2D eigenvalue weighted by molar-refractivity contribution is -0.136. The number of carbonyl (C=O) groups is 2. The molecule has 1 aromatic rings. The van der Waals surface area contributed by atoms with Crippen LogP contribution in [0.15, 0.2) is 0 Å². The third-order valence-electron chi connectivity index (χ3n) is 3.55. The standard InChI is InChI=1S/C14H22N4O3S/c1-2-12(19)18-14-17-10(7-13(20)21)11(22-14)8-16-9-3-5-15-6-4-9/h9,15-16H,2-8H2,1H3,(H,20,21)(H,17,18,19). The molecule has 1 aliphatic heterocycles. The number of carboxylic acid groups (broad SMARTS) is 1. The molecule has 1 fully saturated rings. The molecule has 0 spiro atoms. The van der Waals surface area contributed by atoms with Gasteiger partial charge in [-0.05, 0) is 25.9 Å². The number of carboxylic acids is 1. The van der Waals surface area contributed by atoms with Crippen LogP contribution in [0.3, 0.4) is 0 Å². The SMILES string of the molecule is CCC(=O)Nc1nc(CC(=O)O)c(CNC2CCNCC2)s1. The van der Waals surface area contributed by atoms with Gasteiger partial charge in [0.2, 0.25) is 5.91 Å². The number of anilines is 1. The maximum absolute atomic E-state index is 11.4. The molecular weight excluding hydrogens is 304 g/mol. The summed E-state index contributed by atoms with van der Waals surface area (Å²) in [4.78, 5) is 27.5. The molecule has 8 heteroatoms. The largest absolute Gasteiger partial charge is 0.481 e. The Morgan fingerprint density at radius 2 is 2.14 bits per heavy atom. The van der Waals surface area contributed by atoms with Gasteiger partial charge in [0.05, 0.1) is 12.1 Å². The summed E-state index contributed by atoms with van der Waals surface area (Å²) in [5, 5.41) is 18.9. The monoisotopic (exact) mass is 326 g/mol. The maximum atomic E-state index is 11.4. The second kappa shape index (κ2) is 8.21. The predicted molar refractivity (Wildman–Crippen MR) is 85.1 cm³/mol. The summed E-state index contributed by atoms with van der Waals surface area (Å²) >= 11 is 1.35. The van der Waals surface area contributed by atoms with Crippen LogP contribution in [0.2, 0.25) is 0 Å². The van der Waals surface area contributed by atoms with E-state index in [9.17, 15) is 9.59 Å². The van der Waals surface area contributed by atoms with Crippen molar-refractivity contribution < 1.29 is 14.7 Å². The fraction of sp³-hybridized carbons (Fsp3) is 0.643. The number of rotatable bonds is 7. The van der Waals surface area contributed by atoms with E-state index in [4.69, 9.17) is 5.11 Å². The Kier molecular flexibility index (Phi) is 6.29. The highest BCUT2D eigenvalue weighted by Crippen LogP contribution is 2.24. The molecular formula is C14H22N4O3S. The quantitative estimate of drug-likeness (QED) is 0.595. The molecule has 2 rings (SSSR count). The van der Waals surface area contributed by atoms with Gasteiger partial charge in [0.25, 0.3) is 0 Å². The molecule has 2 heterocycles. The van der Waals surface area contributed by atoms with E-state index in [-0.39, 0.29) is 12.3 Å². The van der Waals surface area contributed by atoms with Gasteiger partial charge in [-0.3, -0.25) is 9.59 Å². The van der Waals surface area contributed by atoms with Gasteiger partial charge in [-0.25, -0.2) is 4.98 Å². The van der Waals surface area contributed by atoms with Crippen LogP contribution >= 0.6 is 11.3 Å². The first-order valence-corrected chi connectivity index (χ1v) is 8.34. The first-order valence-electron chi connectivity index (χ1n) is 7.52. The fourth-order valence-corrected chi connectivity index (χ4v) is 3.27. The molecule has 4 N–H and O–H groups in total. The summed E-state index contributed by atoms with van der Waals surface area (Å²) in [6.07, 6.45) is 2.37. The van der Waals surface area contributed by atoms with Gasteiger partial charge < -0.3 is 21.1 Å². The van der Waals surface area contributed by atoms with Crippen molar-refractivity contribution in [3.05, 3.63) is 10.6 Å². The number of hydrogen-bond donors (Lipinski definition) is 4. The number of aliphatic carboxylic acids is 1. The molecule has 1 amide bonds. The van der Waals surface area contributed by atoms with E-state index in [2.05, 4.69) is 20.9 Å². The van der Waals surface area contributed by atoms with Crippen LogP contribution in [0.4, 0.5) is 5.13 Å². The van der Waals surface area contributed by atoms with Crippen LogP contribution < -0.4 is 16.0 Å². The second-order valence-electron chi connectivity index (χ2n) is 5.27. The molecule has 0 saturated carbocycles. The molecule has 122 valence electrons. The van der Waals surface area contributed by atoms with Crippen molar-refractivity contribution in [2.24, 2.45) is 0 Å². The maximum Gasteiger partial charge on any atom is 0.309 e. The topological polar surface area (TPSA) is 103 Å². The van der Waals surface area contributed by atoms with Crippen molar-refractivity contribution in [3.63, 3.8) is 0 Å². The van der Waals surface area contributed by atoms with Crippen molar-refractivity contribution in [1.82, 2.24) is 15.6 Å². The Hall–Kier alpha value is -1.51. The van der Waals surface area contributed by atoms with Crippen molar-refractivity contribution in [1.29, 1.82) is 0 Å². The first kappa shape index (κ1) is 16.9. The van der Waals surface area contributed by atoms with Crippen molar-refractivity contribution in [2.75, 3.05) is 18.4 Å².